The smallest absolute Gasteiger partial charge is 0.233 e. The van der Waals surface area contributed by atoms with Crippen molar-refractivity contribution < 1.29 is 14.3 Å². The Morgan fingerprint density at radius 3 is 2.32 bits per heavy atom. The SMILES string of the molecule is CNC(=O)CN1CCN(C(=O)Cc2ccc(OC)cc2)CC1. The molecule has 1 aliphatic rings. The van der Waals surface area contributed by atoms with Crippen LogP contribution in [0.5, 0.6) is 5.75 Å². The number of carbonyl (C=O) groups excluding carboxylic acids is 2. The van der Waals surface area contributed by atoms with Gasteiger partial charge in [0.05, 0.1) is 20.1 Å². The zero-order valence-electron chi connectivity index (χ0n) is 13.2. The van der Waals surface area contributed by atoms with Gasteiger partial charge >= 0.3 is 0 Å². The second-order valence-corrected chi connectivity index (χ2v) is 5.35. The molecule has 22 heavy (non-hydrogen) atoms. The number of methoxy groups -OCH3 is 1. The molecule has 1 saturated heterocycles. The van der Waals surface area contributed by atoms with Crippen molar-refractivity contribution in [1.82, 2.24) is 15.1 Å². The third-order valence-corrected chi connectivity index (χ3v) is 3.89. The Morgan fingerprint density at radius 1 is 1.14 bits per heavy atom. The number of nitrogens with one attached hydrogen (secondary N) is 1. The van der Waals surface area contributed by atoms with Gasteiger partial charge in [-0.25, -0.2) is 0 Å². The van der Waals surface area contributed by atoms with Crippen molar-refractivity contribution in [3.05, 3.63) is 29.8 Å². The molecule has 6 nitrogen and oxygen atoms in total. The van der Waals surface area contributed by atoms with Crippen LogP contribution in [0.1, 0.15) is 5.56 Å². The minimum atomic E-state index is 0.0120. The average Bonchev–Trinajstić information content (AvgIpc) is 2.56. The van der Waals surface area contributed by atoms with E-state index in [1.54, 1.807) is 14.2 Å². The maximum atomic E-state index is 12.3. The molecule has 0 aliphatic carbocycles. The molecule has 2 rings (SSSR count). The van der Waals surface area contributed by atoms with E-state index in [1.165, 1.54) is 0 Å². The number of piperazine rings is 1. The van der Waals surface area contributed by atoms with Gasteiger partial charge in [0.2, 0.25) is 11.8 Å². The molecule has 1 fully saturated rings. The molecule has 0 unspecified atom stereocenters. The van der Waals surface area contributed by atoms with E-state index in [1.807, 2.05) is 29.2 Å². The first-order valence-electron chi connectivity index (χ1n) is 7.46. The number of hydrogen-bond acceptors (Lipinski definition) is 4. The topological polar surface area (TPSA) is 61.9 Å². The van der Waals surface area contributed by atoms with Gasteiger partial charge in [-0.05, 0) is 17.7 Å². The minimum Gasteiger partial charge on any atom is -0.497 e. The van der Waals surface area contributed by atoms with Gasteiger partial charge in [0, 0.05) is 33.2 Å². The fourth-order valence-electron chi connectivity index (χ4n) is 2.47. The van der Waals surface area contributed by atoms with Crippen LogP contribution in [0.2, 0.25) is 0 Å². The van der Waals surface area contributed by atoms with E-state index in [0.717, 1.165) is 24.4 Å². The molecule has 0 saturated carbocycles. The summed E-state index contributed by atoms with van der Waals surface area (Å²) < 4.78 is 5.11. The lowest BCUT2D eigenvalue weighted by Crippen LogP contribution is -2.51. The molecule has 0 spiro atoms. The maximum absolute atomic E-state index is 12.3. The molecule has 0 aromatic heterocycles. The molecule has 0 bridgehead atoms. The number of nitrogens with zero attached hydrogens (tertiary/aromatic N) is 2. The van der Waals surface area contributed by atoms with Crippen LogP contribution in [-0.4, -0.2) is 68.5 Å². The number of ether oxygens (including phenoxy) is 1. The first-order valence-corrected chi connectivity index (χ1v) is 7.46. The fraction of sp³-hybridized carbons (Fsp3) is 0.500. The predicted octanol–water partition coefficient (Wildman–Crippen LogP) is 0.128. The fourth-order valence-corrected chi connectivity index (χ4v) is 2.47. The second kappa shape index (κ2) is 7.79. The Hall–Kier alpha value is -2.08. The normalized spacial score (nSPS) is 15.5. The summed E-state index contributed by atoms with van der Waals surface area (Å²) in [6.45, 7) is 3.22. The van der Waals surface area contributed by atoms with Gasteiger partial charge in [-0.15, -0.1) is 0 Å². The van der Waals surface area contributed by atoms with Crippen LogP contribution in [0.4, 0.5) is 0 Å². The Labute approximate surface area is 131 Å². The Morgan fingerprint density at radius 2 is 1.77 bits per heavy atom. The summed E-state index contributed by atoms with van der Waals surface area (Å²) in [7, 11) is 3.26. The van der Waals surface area contributed by atoms with Gasteiger partial charge in [-0.2, -0.15) is 0 Å². The van der Waals surface area contributed by atoms with E-state index in [2.05, 4.69) is 10.2 Å². The Balaban J connectivity index is 1.80. The Kier molecular flexibility index (Phi) is 5.77. The van der Waals surface area contributed by atoms with Gasteiger partial charge in [-0.3, -0.25) is 14.5 Å². The molecule has 0 atom stereocenters. The van der Waals surface area contributed by atoms with E-state index in [4.69, 9.17) is 4.74 Å². The number of benzene rings is 1. The predicted molar refractivity (Wildman–Crippen MR) is 83.8 cm³/mol. The highest BCUT2D eigenvalue weighted by molar-refractivity contribution is 5.79. The van der Waals surface area contributed by atoms with Crippen molar-refractivity contribution in [3.63, 3.8) is 0 Å². The van der Waals surface area contributed by atoms with E-state index in [9.17, 15) is 9.59 Å². The van der Waals surface area contributed by atoms with Crippen LogP contribution < -0.4 is 10.1 Å². The van der Waals surface area contributed by atoms with E-state index < -0.39 is 0 Å². The number of likely N-dealkylation sites (N-methyl/N-ethyl adjacent to an activating group) is 1. The lowest BCUT2D eigenvalue weighted by molar-refractivity contribution is -0.132. The van der Waals surface area contributed by atoms with E-state index >= 15 is 0 Å². The summed E-state index contributed by atoms with van der Waals surface area (Å²) in [6, 6.07) is 7.56. The molecule has 1 N–H and O–H groups in total. The van der Waals surface area contributed by atoms with Crippen LogP contribution in [-0.2, 0) is 16.0 Å². The highest BCUT2D eigenvalue weighted by atomic mass is 16.5. The molecule has 1 aromatic carbocycles. The lowest BCUT2D eigenvalue weighted by Gasteiger charge is -2.34. The van der Waals surface area contributed by atoms with Gasteiger partial charge in [0.1, 0.15) is 5.75 Å². The summed E-state index contributed by atoms with van der Waals surface area (Å²) in [4.78, 5) is 27.6. The lowest BCUT2D eigenvalue weighted by atomic mass is 10.1. The highest BCUT2D eigenvalue weighted by Crippen LogP contribution is 2.13. The standard InChI is InChI=1S/C16H23N3O3/c1-17-15(20)12-18-7-9-19(10-8-18)16(21)11-13-3-5-14(22-2)6-4-13/h3-6H,7-12H2,1-2H3,(H,17,20). The van der Waals surface area contributed by atoms with Crippen molar-refractivity contribution in [1.29, 1.82) is 0 Å². The number of hydrogen-bond donors (Lipinski definition) is 1. The highest BCUT2D eigenvalue weighted by Gasteiger charge is 2.22. The molecule has 1 heterocycles. The maximum Gasteiger partial charge on any atom is 0.233 e. The molecule has 2 amide bonds. The summed E-state index contributed by atoms with van der Waals surface area (Å²) in [5, 5.41) is 2.62. The third kappa shape index (κ3) is 4.46. The molecule has 1 aromatic rings. The van der Waals surface area contributed by atoms with E-state index in [-0.39, 0.29) is 11.8 Å². The molecule has 120 valence electrons. The minimum absolute atomic E-state index is 0.0120. The number of carbonyl (C=O) groups is 2. The van der Waals surface area contributed by atoms with Crippen LogP contribution in [0.3, 0.4) is 0 Å². The molecular formula is C16H23N3O3. The van der Waals surface area contributed by atoms with Crippen LogP contribution in [0, 0.1) is 0 Å². The summed E-state index contributed by atoms with van der Waals surface area (Å²) >= 11 is 0. The molecule has 1 aliphatic heterocycles. The third-order valence-electron chi connectivity index (χ3n) is 3.89. The van der Waals surface area contributed by atoms with Crippen molar-refractivity contribution in [2.24, 2.45) is 0 Å². The zero-order valence-corrected chi connectivity index (χ0v) is 13.2. The summed E-state index contributed by atoms with van der Waals surface area (Å²) in [5.74, 6) is 0.932. The first kappa shape index (κ1) is 16.3. The second-order valence-electron chi connectivity index (χ2n) is 5.35. The molecule has 6 heteroatoms. The van der Waals surface area contributed by atoms with E-state index in [0.29, 0.717) is 26.1 Å². The number of rotatable bonds is 5. The van der Waals surface area contributed by atoms with Gasteiger partial charge in [0.15, 0.2) is 0 Å². The monoisotopic (exact) mass is 305 g/mol. The van der Waals surface area contributed by atoms with Crippen molar-refractivity contribution >= 4 is 11.8 Å². The van der Waals surface area contributed by atoms with Crippen LogP contribution >= 0.6 is 0 Å². The van der Waals surface area contributed by atoms with Crippen LogP contribution in [0.15, 0.2) is 24.3 Å². The molecular weight excluding hydrogens is 282 g/mol. The zero-order chi connectivity index (χ0) is 15.9. The van der Waals surface area contributed by atoms with Gasteiger partial charge in [0.25, 0.3) is 0 Å². The van der Waals surface area contributed by atoms with Crippen molar-refractivity contribution in [2.75, 3.05) is 46.9 Å². The number of amides is 2. The first-order chi connectivity index (χ1) is 10.6. The molecule has 0 radical (unpaired) electrons. The largest absolute Gasteiger partial charge is 0.497 e. The summed E-state index contributed by atoms with van der Waals surface area (Å²) in [6.07, 6.45) is 0.402. The van der Waals surface area contributed by atoms with Crippen LogP contribution in [0.25, 0.3) is 0 Å². The Bertz CT molecular complexity index is 508. The summed E-state index contributed by atoms with van der Waals surface area (Å²) in [5.41, 5.74) is 0.985. The van der Waals surface area contributed by atoms with Crippen molar-refractivity contribution in [3.8, 4) is 5.75 Å². The van der Waals surface area contributed by atoms with Crippen molar-refractivity contribution in [2.45, 2.75) is 6.42 Å². The quantitative estimate of drug-likeness (QED) is 0.840. The average molecular weight is 305 g/mol. The van der Waals surface area contributed by atoms with Gasteiger partial charge < -0.3 is 15.0 Å². The van der Waals surface area contributed by atoms with Gasteiger partial charge in [-0.1, -0.05) is 12.1 Å².